The Kier molecular flexibility index (Phi) is 3.83. The lowest BCUT2D eigenvalue weighted by atomic mass is 10.5. The second kappa shape index (κ2) is 4.70. The highest BCUT2D eigenvalue weighted by atomic mass is 79.9. The van der Waals surface area contributed by atoms with E-state index in [1.165, 1.54) is 0 Å². The van der Waals surface area contributed by atoms with E-state index in [4.69, 9.17) is 0 Å². The van der Waals surface area contributed by atoms with Crippen molar-refractivity contribution in [3.05, 3.63) is 26.8 Å². The summed E-state index contributed by atoms with van der Waals surface area (Å²) >= 11 is 3.18. The molecule has 0 amide bonds. The molecule has 0 aliphatic carbocycles. The summed E-state index contributed by atoms with van der Waals surface area (Å²) in [6.45, 7) is 3.34. The van der Waals surface area contributed by atoms with Gasteiger partial charge in [0.2, 0.25) is 0 Å². The Morgan fingerprint density at radius 3 is 2.79 bits per heavy atom. The average molecular weight is 260 g/mol. The van der Waals surface area contributed by atoms with Gasteiger partial charge in [0, 0.05) is 19.3 Å². The Morgan fingerprint density at radius 1 is 1.57 bits per heavy atom. The number of nitrogens with zero attached hydrogens (tertiary/aromatic N) is 3. The zero-order valence-electron chi connectivity index (χ0n) is 8.62. The molecule has 14 heavy (non-hydrogen) atoms. The molecule has 4 nitrogen and oxygen atoms in total. The van der Waals surface area contributed by atoms with Gasteiger partial charge in [-0.3, -0.25) is 9.36 Å². The molecule has 1 aromatic rings. The van der Waals surface area contributed by atoms with Gasteiger partial charge >= 0.3 is 0 Å². The third-order valence-electron chi connectivity index (χ3n) is 1.98. The zero-order chi connectivity index (χ0) is 10.7. The maximum absolute atomic E-state index is 11.7. The predicted octanol–water partition coefficient (Wildman–Crippen LogP) is 0.876. The van der Waals surface area contributed by atoms with E-state index >= 15 is 0 Å². The summed E-state index contributed by atoms with van der Waals surface area (Å²) in [5, 5.41) is 0. The zero-order valence-corrected chi connectivity index (χ0v) is 10.2. The van der Waals surface area contributed by atoms with E-state index < -0.39 is 0 Å². The quantitative estimate of drug-likeness (QED) is 0.809. The normalized spacial score (nSPS) is 10.9. The first-order chi connectivity index (χ1) is 6.52. The molecule has 0 aromatic carbocycles. The number of halogens is 1. The Bertz CT molecular complexity index is 373. The lowest BCUT2D eigenvalue weighted by Gasteiger charge is -2.13. The fraction of sp³-hybridized carbons (Fsp3) is 0.556. The summed E-state index contributed by atoms with van der Waals surface area (Å²) in [5.74, 6) is 0.750. The van der Waals surface area contributed by atoms with Crippen molar-refractivity contribution in [2.45, 2.75) is 13.5 Å². The summed E-state index contributed by atoms with van der Waals surface area (Å²) in [4.78, 5) is 17.8. The van der Waals surface area contributed by atoms with Crippen LogP contribution in [-0.4, -0.2) is 35.1 Å². The van der Waals surface area contributed by atoms with Crippen LogP contribution in [0.15, 0.2) is 15.5 Å². The van der Waals surface area contributed by atoms with Gasteiger partial charge in [0.15, 0.2) is 0 Å². The van der Waals surface area contributed by atoms with E-state index in [0.29, 0.717) is 11.0 Å². The Hall–Kier alpha value is -0.680. The number of aromatic nitrogens is 2. The van der Waals surface area contributed by atoms with Crippen molar-refractivity contribution in [3.63, 3.8) is 0 Å². The standard InChI is InChI=1S/C9H14BrN3O/c1-7-11-6-8(10)9(14)13(7)5-4-12(2)3/h6H,4-5H2,1-3H3. The van der Waals surface area contributed by atoms with E-state index in [1.807, 2.05) is 25.9 Å². The van der Waals surface area contributed by atoms with Crippen molar-refractivity contribution in [1.29, 1.82) is 0 Å². The van der Waals surface area contributed by atoms with Gasteiger partial charge in [0.05, 0.1) is 0 Å². The van der Waals surface area contributed by atoms with E-state index in [1.54, 1.807) is 10.8 Å². The molecule has 1 aromatic heterocycles. The van der Waals surface area contributed by atoms with E-state index in [9.17, 15) is 4.79 Å². The number of hydrogen-bond acceptors (Lipinski definition) is 3. The summed E-state index contributed by atoms with van der Waals surface area (Å²) in [6, 6.07) is 0. The molecule has 1 rings (SSSR count). The van der Waals surface area contributed by atoms with Crippen molar-refractivity contribution in [3.8, 4) is 0 Å². The van der Waals surface area contributed by atoms with Crippen LogP contribution in [0.1, 0.15) is 5.82 Å². The van der Waals surface area contributed by atoms with Crippen LogP contribution < -0.4 is 5.56 Å². The summed E-state index contributed by atoms with van der Waals surface area (Å²) in [7, 11) is 3.96. The summed E-state index contributed by atoms with van der Waals surface area (Å²) in [5.41, 5.74) is -0.0145. The van der Waals surface area contributed by atoms with Crippen LogP contribution in [0.5, 0.6) is 0 Å². The Labute approximate surface area is 91.7 Å². The van der Waals surface area contributed by atoms with Crippen LogP contribution in [0, 0.1) is 6.92 Å². The first kappa shape index (κ1) is 11.4. The van der Waals surface area contributed by atoms with Gasteiger partial charge in [-0.05, 0) is 36.9 Å². The molecule has 0 bridgehead atoms. The third kappa shape index (κ3) is 2.65. The van der Waals surface area contributed by atoms with Gasteiger partial charge in [0.25, 0.3) is 5.56 Å². The second-order valence-corrected chi connectivity index (χ2v) is 4.27. The topological polar surface area (TPSA) is 38.1 Å². The molecule has 1 heterocycles. The van der Waals surface area contributed by atoms with Gasteiger partial charge in [-0.1, -0.05) is 0 Å². The molecular weight excluding hydrogens is 246 g/mol. The molecule has 0 atom stereocenters. The van der Waals surface area contributed by atoms with Gasteiger partial charge in [-0.15, -0.1) is 0 Å². The molecule has 78 valence electrons. The third-order valence-corrected chi connectivity index (χ3v) is 2.52. The van der Waals surface area contributed by atoms with E-state index in [2.05, 4.69) is 20.9 Å². The SMILES string of the molecule is Cc1ncc(Br)c(=O)n1CCN(C)C. The fourth-order valence-electron chi connectivity index (χ4n) is 1.11. The van der Waals surface area contributed by atoms with Gasteiger partial charge in [-0.25, -0.2) is 4.98 Å². The molecule has 5 heteroatoms. The number of likely N-dealkylation sites (N-methyl/N-ethyl adjacent to an activating group) is 1. The highest BCUT2D eigenvalue weighted by Crippen LogP contribution is 2.01. The molecule has 0 fully saturated rings. The van der Waals surface area contributed by atoms with Crippen molar-refractivity contribution in [2.24, 2.45) is 0 Å². The largest absolute Gasteiger partial charge is 0.308 e. The maximum Gasteiger partial charge on any atom is 0.267 e. The van der Waals surface area contributed by atoms with Crippen LogP contribution in [0.25, 0.3) is 0 Å². The van der Waals surface area contributed by atoms with Crippen LogP contribution in [-0.2, 0) is 6.54 Å². The van der Waals surface area contributed by atoms with Crippen molar-refractivity contribution in [1.82, 2.24) is 14.5 Å². The first-order valence-corrected chi connectivity index (χ1v) is 5.18. The number of hydrogen-bond donors (Lipinski definition) is 0. The number of rotatable bonds is 3. The smallest absolute Gasteiger partial charge is 0.267 e. The number of aryl methyl sites for hydroxylation is 1. The average Bonchev–Trinajstić information content (AvgIpc) is 2.11. The van der Waals surface area contributed by atoms with E-state index in [-0.39, 0.29) is 5.56 Å². The molecule has 0 aliphatic rings. The molecule has 0 spiro atoms. The highest BCUT2D eigenvalue weighted by Gasteiger charge is 2.04. The second-order valence-electron chi connectivity index (χ2n) is 3.41. The Morgan fingerprint density at radius 2 is 2.21 bits per heavy atom. The lowest BCUT2D eigenvalue weighted by molar-refractivity contribution is 0.377. The minimum Gasteiger partial charge on any atom is -0.308 e. The van der Waals surface area contributed by atoms with E-state index in [0.717, 1.165) is 12.4 Å². The molecule has 0 saturated carbocycles. The monoisotopic (exact) mass is 259 g/mol. The minimum absolute atomic E-state index is 0.0145. The van der Waals surface area contributed by atoms with Crippen molar-refractivity contribution >= 4 is 15.9 Å². The first-order valence-electron chi connectivity index (χ1n) is 4.39. The van der Waals surface area contributed by atoms with Gasteiger partial charge < -0.3 is 4.90 Å². The van der Waals surface area contributed by atoms with Crippen molar-refractivity contribution in [2.75, 3.05) is 20.6 Å². The van der Waals surface area contributed by atoms with Crippen LogP contribution >= 0.6 is 15.9 Å². The molecule has 0 unspecified atom stereocenters. The van der Waals surface area contributed by atoms with Crippen LogP contribution in [0.3, 0.4) is 0 Å². The van der Waals surface area contributed by atoms with Crippen molar-refractivity contribution < 1.29 is 0 Å². The van der Waals surface area contributed by atoms with Crippen LogP contribution in [0.2, 0.25) is 0 Å². The lowest BCUT2D eigenvalue weighted by Crippen LogP contribution is -2.29. The molecule has 0 aliphatic heterocycles. The van der Waals surface area contributed by atoms with Crippen LogP contribution in [0.4, 0.5) is 0 Å². The highest BCUT2D eigenvalue weighted by molar-refractivity contribution is 9.10. The van der Waals surface area contributed by atoms with Gasteiger partial charge in [0.1, 0.15) is 10.3 Å². The predicted molar refractivity (Wildman–Crippen MR) is 59.5 cm³/mol. The fourth-order valence-corrected chi connectivity index (χ4v) is 1.43. The summed E-state index contributed by atoms with van der Waals surface area (Å²) in [6.07, 6.45) is 1.55. The maximum atomic E-state index is 11.7. The molecule has 0 radical (unpaired) electrons. The molecular formula is C9H14BrN3O. The molecule has 0 saturated heterocycles. The van der Waals surface area contributed by atoms with Gasteiger partial charge in [-0.2, -0.15) is 0 Å². The summed E-state index contributed by atoms with van der Waals surface area (Å²) < 4.78 is 2.19. The minimum atomic E-state index is -0.0145. The molecule has 0 N–H and O–H groups in total. The Balaban J connectivity index is 2.95.